The molecule has 1 aromatic rings. The Bertz CT molecular complexity index is 847. The lowest BCUT2D eigenvalue weighted by Crippen LogP contribution is -2.41. The maximum absolute atomic E-state index is 12.9. The molecule has 0 bridgehead atoms. The first-order chi connectivity index (χ1) is 13.9. The average molecular weight is 462 g/mol. The third-order valence-electron chi connectivity index (χ3n) is 5.06. The molecule has 2 rings (SSSR count). The zero-order valence-electron chi connectivity index (χ0n) is 18.7. The molecule has 1 amide bonds. The summed E-state index contributed by atoms with van der Waals surface area (Å²) in [5, 5.41) is 2.55. The second-order valence-electron chi connectivity index (χ2n) is 9.40. The van der Waals surface area contributed by atoms with Gasteiger partial charge in [0, 0.05) is 11.6 Å². The van der Waals surface area contributed by atoms with Crippen LogP contribution in [0.1, 0.15) is 59.6 Å². The van der Waals surface area contributed by atoms with Crippen molar-refractivity contribution in [3.05, 3.63) is 39.8 Å². The number of alkyl carbamates (subject to hydrolysis) is 1. The highest BCUT2D eigenvalue weighted by atomic mass is 35.5. The zero-order valence-corrected chi connectivity index (χ0v) is 19.5. The van der Waals surface area contributed by atoms with E-state index in [0.29, 0.717) is 11.0 Å². The SMILES string of the molecule is CC(C)(C)OC(=O)NCC(=Cc1ccc(C(F)(F)F)cc1Cl)B1OC(C)(C)C(C)(C)O1. The molecule has 0 unspecified atom stereocenters. The van der Waals surface area contributed by atoms with Gasteiger partial charge in [-0.3, -0.25) is 0 Å². The standard InChI is InChI=1S/C21H28BClF3NO4/c1-18(2,3)29-17(28)27-12-15(22-30-19(4,5)20(6,7)31-22)10-13-8-9-14(11-16(13)23)21(24,25)26/h8-11H,12H2,1-7H3,(H,27,28). The minimum Gasteiger partial charge on any atom is -0.444 e. The van der Waals surface area contributed by atoms with Crippen LogP contribution in [-0.2, 0) is 20.2 Å². The maximum Gasteiger partial charge on any atom is 0.492 e. The largest absolute Gasteiger partial charge is 0.492 e. The molecule has 0 aromatic heterocycles. The van der Waals surface area contributed by atoms with Crippen LogP contribution in [0, 0.1) is 0 Å². The number of hydrogen-bond acceptors (Lipinski definition) is 4. The minimum atomic E-state index is -4.50. The molecule has 1 saturated heterocycles. The van der Waals surface area contributed by atoms with Gasteiger partial charge in [0.15, 0.2) is 0 Å². The number of carbonyl (C=O) groups excluding carboxylic acids is 1. The monoisotopic (exact) mass is 461 g/mol. The fourth-order valence-corrected chi connectivity index (χ4v) is 2.94. The number of alkyl halides is 3. The fourth-order valence-electron chi connectivity index (χ4n) is 2.71. The average Bonchev–Trinajstić information content (AvgIpc) is 2.77. The van der Waals surface area contributed by atoms with E-state index in [1.54, 1.807) is 26.8 Å². The fraction of sp³-hybridized carbons (Fsp3) is 0.571. The van der Waals surface area contributed by atoms with Crippen LogP contribution in [0.15, 0.2) is 23.7 Å². The van der Waals surface area contributed by atoms with Gasteiger partial charge in [0.25, 0.3) is 0 Å². The number of ether oxygens (including phenoxy) is 1. The summed E-state index contributed by atoms with van der Waals surface area (Å²) in [5.41, 5.74) is -2.01. The molecule has 1 aliphatic heterocycles. The van der Waals surface area contributed by atoms with E-state index in [4.69, 9.17) is 25.6 Å². The highest BCUT2D eigenvalue weighted by Crippen LogP contribution is 2.39. The first-order valence-electron chi connectivity index (χ1n) is 9.81. The second-order valence-corrected chi connectivity index (χ2v) is 9.80. The Labute approximate surface area is 186 Å². The van der Waals surface area contributed by atoms with Crippen LogP contribution in [-0.4, -0.2) is 36.6 Å². The van der Waals surface area contributed by atoms with Crippen molar-refractivity contribution in [3.8, 4) is 0 Å². The van der Waals surface area contributed by atoms with Gasteiger partial charge in [-0.2, -0.15) is 13.2 Å². The Balaban J connectivity index is 2.35. The van der Waals surface area contributed by atoms with Gasteiger partial charge in [-0.15, -0.1) is 0 Å². The number of halogens is 4. The number of hydrogen-bond donors (Lipinski definition) is 1. The summed E-state index contributed by atoms with van der Waals surface area (Å²) in [6, 6.07) is 3.07. The predicted octanol–water partition coefficient (Wildman–Crippen LogP) is 5.90. The molecule has 1 aliphatic rings. The van der Waals surface area contributed by atoms with E-state index in [0.717, 1.165) is 12.1 Å². The van der Waals surface area contributed by atoms with Crippen LogP contribution < -0.4 is 5.32 Å². The summed E-state index contributed by atoms with van der Waals surface area (Å²) < 4.78 is 56.2. The molecular formula is C21H28BClF3NO4. The summed E-state index contributed by atoms with van der Waals surface area (Å²) >= 11 is 6.11. The highest BCUT2D eigenvalue weighted by molar-refractivity contribution is 6.56. The lowest BCUT2D eigenvalue weighted by Gasteiger charge is -2.32. The van der Waals surface area contributed by atoms with Crippen molar-refractivity contribution in [2.45, 2.75) is 71.4 Å². The van der Waals surface area contributed by atoms with E-state index >= 15 is 0 Å². The van der Waals surface area contributed by atoms with Crippen molar-refractivity contribution in [2.75, 3.05) is 6.54 Å². The van der Waals surface area contributed by atoms with Crippen LogP contribution >= 0.6 is 11.6 Å². The first kappa shape index (κ1) is 25.6. The molecule has 31 heavy (non-hydrogen) atoms. The van der Waals surface area contributed by atoms with Crippen molar-refractivity contribution in [2.24, 2.45) is 0 Å². The molecular weight excluding hydrogens is 433 g/mol. The van der Waals surface area contributed by atoms with Gasteiger partial charge >= 0.3 is 19.4 Å². The molecule has 1 fully saturated rings. The number of carbonyl (C=O) groups is 1. The van der Waals surface area contributed by atoms with E-state index in [1.807, 2.05) is 27.7 Å². The molecule has 0 spiro atoms. The van der Waals surface area contributed by atoms with Crippen molar-refractivity contribution in [3.63, 3.8) is 0 Å². The number of benzene rings is 1. The number of nitrogens with one attached hydrogen (secondary N) is 1. The third-order valence-corrected chi connectivity index (χ3v) is 5.39. The zero-order chi connectivity index (χ0) is 23.8. The van der Waals surface area contributed by atoms with Gasteiger partial charge in [-0.1, -0.05) is 23.7 Å². The molecule has 0 radical (unpaired) electrons. The second kappa shape index (κ2) is 8.67. The van der Waals surface area contributed by atoms with Crippen LogP contribution in [0.2, 0.25) is 5.02 Å². The Kier molecular flexibility index (Phi) is 7.15. The van der Waals surface area contributed by atoms with Crippen molar-refractivity contribution in [1.29, 1.82) is 0 Å². The smallest absolute Gasteiger partial charge is 0.444 e. The normalized spacial score (nSPS) is 18.8. The first-order valence-corrected chi connectivity index (χ1v) is 10.2. The summed E-state index contributed by atoms with van der Waals surface area (Å²) in [6.07, 6.45) is -3.59. The molecule has 0 aliphatic carbocycles. The van der Waals surface area contributed by atoms with Gasteiger partial charge in [0.1, 0.15) is 5.60 Å². The van der Waals surface area contributed by atoms with Crippen molar-refractivity contribution >= 4 is 30.9 Å². The Morgan fingerprint density at radius 1 is 1.16 bits per heavy atom. The van der Waals surface area contributed by atoms with E-state index < -0.39 is 41.8 Å². The molecule has 1 aromatic carbocycles. The van der Waals surface area contributed by atoms with Crippen LogP contribution in [0.25, 0.3) is 6.08 Å². The maximum atomic E-state index is 12.9. The predicted molar refractivity (Wildman–Crippen MR) is 115 cm³/mol. The Morgan fingerprint density at radius 3 is 2.16 bits per heavy atom. The molecule has 5 nitrogen and oxygen atoms in total. The van der Waals surface area contributed by atoms with Crippen molar-refractivity contribution in [1.82, 2.24) is 5.32 Å². The summed E-state index contributed by atoms with van der Waals surface area (Å²) in [4.78, 5) is 12.1. The van der Waals surface area contributed by atoms with E-state index in [2.05, 4.69) is 5.32 Å². The lowest BCUT2D eigenvalue weighted by atomic mass is 9.77. The molecule has 0 atom stereocenters. The van der Waals surface area contributed by atoms with Gasteiger partial charge < -0.3 is 19.4 Å². The topological polar surface area (TPSA) is 56.8 Å². The van der Waals surface area contributed by atoms with Gasteiger partial charge in [-0.25, -0.2) is 4.79 Å². The lowest BCUT2D eigenvalue weighted by molar-refractivity contribution is -0.137. The van der Waals surface area contributed by atoms with Gasteiger partial charge in [-0.05, 0) is 71.6 Å². The van der Waals surface area contributed by atoms with Crippen LogP contribution in [0.4, 0.5) is 18.0 Å². The van der Waals surface area contributed by atoms with E-state index in [-0.39, 0.29) is 11.6 Å². The molecule has 10 heteroatoms. The van der Waals surface area contributed by atoms with Crippen molar-refractivity contribution < 1.29 is 32.0 Å². The summed E-state index contributed by atoms with van der Waals surface area (Å²) in [5.74, 6) is 0. The van der Waals surface area contributed by atoms with Crippen LogP contribution in [0.3, 0.4) is 0 Å². The van der Waals surface area contributed by atoms with Gasteiger partial charge in [0.2, 0.25) is 0 Å². The molecule has 1 heterocycles. The summed E-state index contributed by atoms with van der Waals surface area (Å²) in [7, 11) is -0.835. The van der Waals surface area contributed by atoms with E-state index in [9.17, 15) is 18.0 Å². The van der Waals surface area contributed by atoms with Crippen LogP contribution in [0.5, 0.6) is 0 Å². The minimum absolute atomic E-state index is 0.0108. The molecule has 1 N–H and O–H groups in total. The highest BCUT2D eigenvalue weighted by Gasteiger charge is 2.52. The molecule has 172 valence electrons. The Hall–Kier alpha value is -1.71. The molecule has 0 saturated carbocycles. The quantitative estimate of drug-likeness (QED) is 0.567. The summed E-state index contributed by atoms with van der Waals surface area (Å²) in [6.45, 7) is 12.7. The number of rotatable bonds is 4. The third kappa shape index (κ3) is 6.64. The van der Waals surface area contributed by atoms with E-state index in [1.165, 1.54) is 6.07 Å². The number of amides is 1. The Morgan fingerprint density at radius 2 is 1.71 bits per heavy atom. The van der Waals surface area contributed by atoms with Gasteiger partial charge in [0.05, 0.1) is 16.8 Å².